The molecular formula is C19H24ClIN4OP2. The van der Waals surface area contributed by atoms with Gasteiger partial charge >= 0.3 is 0 Å². The fourth-order valence-corrected chi connectivity index (χ4v) is 7.48. The van der Waals surface area contributed by atoms with Crippen LogP contribution in [0, 0.1) is 0 Å². The monoisotopic (exact) mass is 548 g/mol. The van der Waals surface area contributed by atoms with Gasteiger partial charge in [0.05, 0.1) is 5.69 Å². The van der Waals surface area contributed by atoms with Crippen LogP contribution in [0.3, 0.4) is 0 Å². The van der Waals surface area contributed by atoms with Gasteiger partial charge in [-0.25, -0.2) is 4.98 Å². The van der Waals surface area contributed by atoms with Gasteiger partial charge in [0, 0.05) is 23.4 Å². The van der Waals surface area contributed by atoms with Gasteiger partial charge in [0.15, 0.2) is 5.82 Å². The lowest BCUT2D eigenvalue weighted by Gasteiger charge is -2.27. The molecule has 1 aliphatic heterocycles. The molecule has 0 saturated heterocycles. The average molecular weight is 549 g/mol. The Hall–Kier alpha value is -0.550. The number of fused-ring (bicyclic) bond motifs is 1. The molecule has 0 amide bonds. The molecule has 1 aromatic heterocycles. The molecule has 4 rings (SSSR count). The second-order valence-corrected chi connectivity index (χ2v) is 13.5. The number of benzene rings is 1. The van der Waals surface area contributed by atoms with Crippen molar-refractivity contribution in [1.29, 1.82) is 0 Å². The van der Waals surface area contributed by atoms with Crippen molar-refractivity contribution in [2.75, 3.05) is 28.6 Å². The molecule has 9 heteroatoms. The van der Waals surface area contributed by atoms with Gasteiger partial charge in [-0.1, -0.05) is 24.1 Å². The molecule has 0 radical (unpaired) electrons. The maximum atomic E-state index is 13.1. The first-order valence-corrected chi connectivity index (χ1v) is 16.4. The summed E-state index contributed by atoms with van der Waals surface area (Å²) in [5.41, 5.74) is 3.99. The molecule has 2 atom stereocenters. The Morgan fingerprint density at radius 1 is 1.32 bits per heavy atom. The van der Waals surface area contributed by atoms with Gasteiger partial charge in [-0.2, -0.15) is 0 Å². The number of nitrogens with one attached hydrogen (secondary N) is 2. The highest BCUT2D eigenvalue weighted by molar-refractivity contribution is 14.2. The minimum Gasteiger partial charge on any atom is -0.360 e. The number of nitrogens with zero attached hydrogens (tertiary/aromatic N) is 2. The van der Waals surface area contributed by atoms with E-state index in [9.17, 15) is 4.57 Å². The Morgan fingerprint density at radius 2 is 2.07 bits per heavy atom. The molecule has 2 unspecified atom stereocenters. The molecule has 0 spiro atoms. The smallest absolute Gasteiger partial charge is 0.161 e. The summed E-state index contributed by atoms with van der Waals surface area (Å²) in [5.74, 6) is 1.47. The van der Waals surface area contributed by atoms with Crippen LogP contribution in [0.4, 0.5) is 22.9 Å². The second-order valence-electron chi connectivity index (χ2n) is 7.85. The number of aromatic nitrogens is 1. The minimum atomic E-state index is -2.45. The van der Waals surface area contributed by atoms with E-state index in [1.165, 1.54) is 24.8 Å². The van der Waals surface area contributed by atoms with Crippen LogP contribution in [-0.2, 0) is 4.57 Å². The van der Waals surface area contributed by atoms with Gasteiger partial charge in [-0.15, -0.1) is 0 Å². The van der Waals surface area contributed by atoms with Crippen LogP contribution in [0.5, 0.6) is 0 Å². The van der Waals surface area contributed by atoms with Crippen LogP contribution in [-0.4, -0.2) is 24.5 Å². The molecule has 1 saturated carbocycles. The number of rotatable bonds is 5. The topological polar surface area (TPSA) is 57.3 Å². The van der Waals surface area contributed by atoms with E-state index in [1.807, 2.05) is 19.4 Å². The van der Waals surface area contributed by atoms with E-state index < -0.39 is 7.14 Å². The van der Waals surface area contributed by atoms with Crippen molar-refractivity contribution in [3.8, 4) is 0 Å². The summed E-state index contributed by atoms with van der Waals surface area (Å²) < 4.78 is 15.2. The fourth-order valence-electron chi connectivity index (χ4n) is 3.73. The van der Waals surface area contributed by atoms with E-state index in [2.05, 4.69) is 67.5 Å². The predicted molar refractivity (Wildman–Crippen MR) is 133 cm³/mol. The zero-order valence-corrected chi connectivity index (χ0v) is 20.9. The lowest BCUT2D eigenvalue weighted by Crippen LogP contribution is -2.24. The summed E-state index contributed by atoms with van der Waals surface area (Å²) >= 11 is 8.68. The SMILES string of the molecule is CC1Nc2c(Nc3ccc(C4CCC4)cc3P(C)(C)=O)cc(Cl)nc2N1PI. The quantitative estimate of drug-likeness (QED) is 0.253. The van der Waals surface area contributed by atoms with E-state index in [4.69, 9.17) is 11.6 Å². The molecule has 150 valence electrons. The summed E-state index contributed by atoms with van der Waals surface area (Å²) in [4.78, 5) is 4.52. The summed E-state index contributed by atoms with van der Waals surface area (Å²) in [5, 5.41) is 8.34. The molecule has 1 aliphatic carbocycles. The zero-order valence-electron chi connectivity index (χ0n) is 16.1. The number of hydrogen-bond donors (Lipinski definition) is 2. The Kier molecular flexibility index (Phi) is 5.87. The molecule has 2 N–H and O–H groups in total. The molecule has 0 bridgehead atoms. The molecule has 1 aromatic carbocycles. The molecule has 2 aliphatic rings. The summed E-state index contributed by atoms with van der Waals surface area (Å²) in [6, 6.07) is 8.22. The van der Waals surface area contributed by atoms with Crippen molar-refractivity contribution in [3.05, 3.63) is 35.0 Å². The highest BCUT2D eigenvalue weighted by atomic mass is 127. The largest absolute Gasteiger partial charge is 0.360 e. The average Bonchev–Trinajstić information content (AvgIpc) is 2.89. The van der Waals surface area contributed by atoms with Crippen molar-refractivity contribution in [3.63, 3.8) is 0 Å². The van der Waals surface area contributed by atoms with Crippen LogP contribution in [0.15, 0.2) is 24.3 Å². The second kappa shape index (κ2) is 7.94. The number of halogens is 2. The van der Waals surface area contributed by atoms with Crippen molar-refractivity contribution < 1.29 is 4.57 Å². The van der Waals surface area contributed by atoms with E-state index in [-0.39, 0.29) is 6.17 Å². The maximum absolute atomic E-state index is 13.1. The lowest BCUT2D eigenvalue weighted by atomic mass is 9.80. The normalized spacial score (nSPS) is 19.6. The van der Waals surface area contributed by atoms with Crippen LogP contribution < -0.4 is 20.6 Å². The van der Waals surface area contributed by atoms with Crippen LogP contribution >= 0.6 is 47.2 Å². The Labute approximate surface area is 186 Å². The van der Waals surface area contributed by atoms with Crippen molar-refractivity contribution in [2.24, 2.45) is 0 Å². The molecule has 28 heavy (non-hydrogen) atoms. The summed E-state index contributed by atoms with van der Waals surface area (Å²) in [6.45, 7) is 5.78. The first-order chi connectivity index (χ1) is 13.3. The highest BCUT2D eigenvalue weighted by Gasteiger charge is 2.30. The molecule has 1 fully saturated rings. The third-order valence-corrected chi connectivity index (χ3v) is 9.54. The summed E-state index contributed by atoms with van der Waals surface area (Å²) in [7, 11) is -2.45. The Bertz CT molecular complexity index is 963. The molecule has 2 heterocycles. The van der Waals surface area contributed by atoms with E-state index >= 15 is 0 Å². The molecule has 5 nitrogen and oxygen atoms in total. The van der Waals surface area contributed by atoms with Crippen LogP contribution in [0.1, 0.15) is 37.7 Å². The van der Waals surface area contributed by atoms with Gasteiger partial charge in [0.2, 0.25) is 0 Å². The van der Waals surface area contributed by atoms with Crippen LogP contribution in [0.2, 0.25) is 5.15 Å². The Morgan fingerprint density at radius 3 is 2.68 bits per heavy atom. The van der Waals surface area contributed by atoms with Crippen molar-refractivity contribution in [1.82, 2.24) is 4.98 Å². The number of hydrogen-bond acceptors (Lipinski definition) is 5. The Balaban J connectivity index is 1.75. The predicted octanol–water partition coefficient (Wildman–Crippen LogP) is 6.52. The van der Waals surface area contributed by atoms with E-state index in [1.54, 1.807) is 0 Å². The van der Waals surface area contributed by atoms with Crippen LogP contribution in [0.25, 0.3) is 0 Å². The zero-order chi connectivity index (χ0) is 20.1. The minimum absolute atomic E-state index is 0.153. The van der Waals surface area contributed by atoms with E-state index in [0.717, 1.165) is 28.2 Å². The molecular weight excluding hydrogens is 525 g/mol. The van der Waals surface area contributed by atoms with Gasteiger partial charge in [0.25, 0.3) is 0 Å². The van der Waals surface area contributed by atoms with Crippen molar-refractivity contribution >= 4 is 75.3 Å². The maximum Gasteiger partial charge on any atom is 0.161 e. The number of pyridine rings is 1. The van der Waals surface area contributed by atoms with Gasteiger partial charge in [-0.05, 0) is 78.8 Å². The van der Waals surface area contributed by atoms with Gasteiger partial charge in [0.1, 0.15) is 24.1 Å². The third kappa shape index (κ3) is 3.90. The summed E-state index contributed by atoms with van der Waals surface area (Å²) in [6.07, 6.45) is 4.45. The third-order valence-electron chi connectivity index (χ3n) is 5.48. The number of anilines is 4. The first kappa shape index (κ1) is 20.7. The fraction of sp³-hybridized carbons (Fsp3) is 0.421. The standard InChI is InChI=1S/C19H24ClIN4OP2/c1-11-22-18-15(10-17(20)24-19(18)25(11)27-21)23-14-8-7-13(12-5-4-6-12)9-16(14)28(2,3)26/h7-12,22,27H,4-6H2,1-3H3,(H,23,24). The first-order valence-electron chi connectivity index (χ1n) is 9.37. The highest BCUT2D eigenvalue weighted by Crippen LogP contribution is 2.48. The lowest BCUT2D eigenvalue weighted by molar-refractivity contribution is 0.420. The van der Waals surface area contributed by atoms with Gasteiger partial charge < -0.3 is 19.9 Å². The van der Waals surface area contributed by atoms with E-state index in [0.29, 0.717) is 17.4 Å². The van der Waals surface area contributed by atoms with Gasteiger partial charge in [-0.3, -0.25) is 0 Å². The molecule has 2 aromatic rings. The van der Waals surface area contributed by atoms with Crippen molar-refractivity contribution in [2.45, 2.75) is 38.3 Å².